The molecular weight excluding hydrogens is 260 g/mol. The number of carbonyl (C=O) groups excluding carboxylic acids is 1. The Morgan fingerprint density at radius 3 is 3.15 bits per heavy atom. The standard InChI is InChI=1S/C13H16N4O3/c1-7-10-4-8(6-15-13(10)20-17-7)16-12(18)11-3-2-9(5-14)19-11/h4,6,9,11H,2-3,5,14H2,1H3,(H,16,18)/t9-,11+/m1/s1. The molecule has 0 saturated carbocycles. The molecule has 0 bridgehead atoms. The summed E-state index contributed by atoms with van der Waals surface area (Å²) in [6.07, 6.45) is 2.58. The Morgan fingerprint density at radius 1 is 1.55 bits per heavy atom. The first-order valence-electron chi connectivity index (χ1n) is 6.56. The maximum absolute atomic E-state index is 12.1. The van der Waals surface area contributed by atoms with Crippen molar-refractivity contribution in [1.29, 1.82) is 0 Å². The molecule has 0 radical (unpaired) electrons. The van der Waals surface area contributed by atoms with Gasteiger partial charge in [-0.15, -0.1) is 0 Å². The van der Waals surface area contributed by atoms with E-state index < -0.39 is 6.10 Å². The van der Waals surface area contributed by atoms with Crippen molar-refractivity contribution >= 4 is 22.7 Å². The molecule has 106 valence electrons. The minimum Gasteiger partial charge on any atom is -0.364 e. The fraction of sp³-hybridized carbons (Fsp3) is 0.462. The van der Waals surface area contributed by atoms with Crippen molar-refractivity contribution in [3.63, 3.8) is 0 Å². The van der Waals surface area contributed by atoms with Crippen molar-refractivity contribution in [3.8, 4) is 0 Å². The van der Waals surface area contributed by atoms with Crippen molar-refractivity contribution in [2.45, 2.75) is 32.0 Å². The summed E-state index contributed by atoms with van der Waals surface area (Å²) in [7, 11) is 0. The fourth-order valence-electron chi connectivity index (χ4n) is 2.31. The third-order valence-electron chi connectivity index (χ3n) is 3.44. The van der Waals surface area contributed by atoms with Crippen LogP contribution in [0.3, 0.4) is 0 Å². The quantitative estimate of drug-likeness (QED) is 0.866. The first-order chi connectivity index (χ1) is 9.67. The van der Waals surface area contributed by atoms with Gasteiger partial charge in [0.2, 0.25) is 0 Å². The van der Waals surface area contributed by atoms with E-state index in [4.69, 9.17) is 15.0 Å². The van der Waals surface area contributed by atoms with E-state index in [2.05, 4.69) is 15.5 Å². The zero-order chi connectivity index (χ0) is 14.1. The van der Waals surface area contributed by atoms with Crippen molar-refractivity contribution in [3.05, 3.63) is 18.0 Å². The number of hydrogen-bond donors (Lipinski definition) is 2. The maximum Gasteiger partial charge on any atom is 0.258 e. The summed E-state index contributed by atoms with van der Waals surface area (Å²) >= 11 is 0. The second kappa shape index (κ2) is 5.18. The molecule has 0 aliphatic carbocycles. The fourth-order valence-corrected chi connectivity index (χ4v) is 2.31. The van der Waals surface area contributed by atoms with Gasteiger partial charge < -0.3 is 20.3 Å². The van der Waals surface area contributed by atoms with E-state index in [0.29, 0.717) is 24.4 Å². The average Bonchev–Trinajstić information content (AvgIpc) is 3.06. The van der Waals surface area contributed by atoms with Gasteiger partial charge in [0, 0.05) is 6.54 Å². The van der Waals surface area contributed by atoms with Crippen LogP contribution in [0, 0.1) is 6.92 Å². The average molecular weight is 276 g/mol. The van der Waals surface area contributed by atoms with Gasteiger partial charge in [0.25, 0.3) is 11.6 Å². The number of aryl methyl sites for hydroxylation is 1. The molecule has 0 unspecified atom stereocenters. The highest BCUT2D eigenvalue weighted by Crippen LogP contribution is 2.22. The SMILES string of the molecule is Cc1noc2ncc(NC(=O)[C@@H]3CC[C@H](CN)O3)cc12. The van der Waals surface area contributed by atoms with Crippen LogP contribution in [-0.2, 0) is 9.53 Å². The van der Waals surface area contributed by atoms with Crippen LogP contribution in [0.25, 0.3) is 11.1 Å². The molecule has 2 atom stereocenters. The van der Waals surface area contributed by atoms with Crippen LogP contribution in [-0.4, -0.2) is 34.8 Å². The van der Waals surface area contributed by atoms with Crippen LogP contribution in [0.5, 0.6) is 0 Å². The zero-order valence-electron chi connectivity index (χ0n) is 11.1. The van der Waals surface area contributed by atoms with Crippen LogP contribution in [0.1, 0.15) is 18.5 Å². The third kappa shape index (κ3) is 2.37. The van der Waals surface area contributed by atoms with Gasteiger partial charge in [-0.3, -0.25) is 4.79 Å². The summed E-state index contributed by atoms with van der Waals surface area (Å²) in [6, 6.07) is 1.79. The Hall–Kier alpha value is -1.99. The van der Waals surface area contributed by atoms with E-state index in [1.54, 1.807) is 12.3 Å². The summed E-state index contributed by atoms with van der Waals surface area (Å²) < 4.78 is 10.6. The Labute approximate surface area is 115 Å². The molecule has 3 heterocycles. The van der Waals surface area contributed by atoms with Crippen LogP contribution >= 0.6 is 0 Å². The lowest BCUT2D eigenvalue weighted by Gasteiger charge is -2.12. The van der Waals surface area contributed by atoms with Gasteiger partial charge in [0.1, 0.15) is 6.10 Å². The summed E-state index contributed by atoms with van der Waals surface area (Å²) in [5, 5.41) is 7.41. The molecule has 0 aromatic carbocycles. The van der Waals surface area contributed by atoms with E-state index in [1.165, 1.54) is 0 Å². The third-order valence-corrected chi connectivity index (χ3v) is 3.44. The van der Waals surface area contributed by atoms with Crippen LogP contribution in [0.2, 0.25) is 0 Å². The number of aromatic nitrogens is 2. The molecule has 0 spiro atoms. The lowest BCUT2D eigenvalue weighted by atomic mass is 10.2. The van der Waals surface area contributed by atoms with Crippen LogP contribution in [0.15, 0.2) is 16.8 Å². The lowest BCUT2D eigenvalue weighted by Crippen LogP contribution is -2.29. The molecular formula is C13H16N4O3. The van der Waals surface area contributed by atoms with Crippen LogP contribution < -0.4 is 11.1 Å². The Morgan fingerprint density at radius 2 is 2.40 bits per heavy atom. The molecule has 1 fully saturated rings. The first-order valence-corrected chi connectivity index (χ1v) is 6.56. The lowest BCUT2D eigenvalue weighted by molar-refractivity contribution is -0.126. The first kappa shape index (κ1) is 13.0. The number of rotatable bonds is 3. The van der Waals surface area contributed by atoms with E-state index in [0.717, 1.165) is 17.5 Å². The highest BCUT2D eigenvalue weighted by atomic mass is 16.5. The van der Waals surface area contributed by atoms with Crippen molar-refractivity contribution in [2.24, 2.45) is 5.73 Å². The number of hydrogen-bond acceptors (Lipinski definition) is 6. The predicted molar refractivity (Wildman–Crippen MR) is 72.1 cm³/mol. The Kier molecular flexibility index (Phi) is 3.37. The van der Waals surface area contributed by atoms with Crippen molar-refractivity contribution in [1.82, 2.24) is 10.1 Å². The van der Waals surface area contributed by atoms with Gasteiger partial charge in [-0.1, -0.05) is 5.16 Å². The molecule has 3 rings (SSSR count). The second-order valence-corrected chi connectivity index (χ2v) is 4.89. The molecule has 1 saturated heterocycles. The molecule has 1 aliphatic rings. The molecule has 7 nitrogen and oxygen atoms in total. The highest BCUT2D eigenvalue weighted by molar-refractivity contribution is 5.95. The Balaban J connectivity index is 1.72. The summed E-state index contributed by atoms with van der Waals surface area (Å²) in [5.74, 6) is -0.170. The van der Waals surface area contributed by atoms with Crippen molar-refractivity contribution < 1.29 is 14.1 Å². The van der Waals surface area contributed by atoms with E-state index in [1.807, 2.05) is 6.92 Å². The smallest absolute Gasteiger partial charge is 0.258 e. The normalized spacial score (nSPS) is 22.3. The highest BCUT2D eigenvalue weighted by Gasteiger charge is 2.29. The molecule has 20 heavy (non-hydrogen) atoms. The number of carbonyl (C=O) groups is 1. The number of fused-ring (bicyclic) bond motifs is 1. The zero-order valence-corrected chi connectivity index (χ0v) is 11.1. The number of pyridine rings is 1. The summed E-state index contributed by atoms with van der Waals surface area (Å²) in [4.78, 5) is 16.2. The maximum atomic E-state index is 12.1. The number of ether oxygens (including phenoxy) is 1. The molecule has 1 amide bonds. The second-order valence-electron chi connectivity index (χ2n) is 4.89. The Bertz CT molecular complexity index is 640. The van der Waals surface area contributed by atoms with Crippen molar-refractivity contribution in [2.75, 3.05) is 11.9 Å². The minimum absolute atomic E-state index is 0.0216. The van der Waals surface area contributed by atoms with Crippen LogP contribution in [0.4, 0.5) is 5.69 Å². The minimum atomic E-state index is -0.442. The number of nitrogens with one attached hydrogen (secondary N) is 1. The number of anilines is 1. The number of nitrogens with two attached hydrogens (primary N) is 1. The summed E-state index contributed by atoms with van der Waals surface area (Å²) in [6.45, 7) is 2.27. The predicted octanol–water partition coefficient (Wildman–Crippen LogP) is 0.976. The largest absolute Gasteiger partial charge is 0.364 e. The van der Waals surface area contributed by atoms with Gasteiger partial charge in [-0.05, 0) is 25.8 Å². The molecule has 3 N–H and O–H groups in total. The van der Waals surface area contributed by atoms with E-state index >= 15 is 0 Å². The molecule has 2 aromatic rings. The van der Waals surface area contributed by atoms with E-state index in [9.17, 15) is 4.79 Å². The van der Waals surface area contributed by atoms with E-state index in [-0.39, 0.29) is 12.0 Å². The number of amides is 1. The van der Waals surface area contributed by atoms with Gasteiger partial charge in [0.15, 0.2) is 0 Å². The monoisotopic (exact) mass is 276 g/mol. The van der Waals surface area contributed by atoms with Gasteiger partial charge in [0.05, 0.1) is 29.1 Å². The van der Waals surface area contributed by atoms with Gasteiger partial charge >= 0.3 is 0 Å². The summed E-state index contributed by atoms with van der Waals surface area (Å²) in [5.41, 5.74) is 7.34. The van der Waals surface area contributed by atoms with Gasteiger partial charge in [-0.25, -0.2) is 4.98 Å². The molecule has 2 aromatic heterocycles. The molecule has 7 heteroatoms. The van der Waals surface area contributed by atoms with Gasteiger partial charge in [-0.2, -0.15) is 0 Å². The molecule has 1 aliphatic heterocycles. The number of nitrogens with zero attached hydrogens (tertiary/aromatic N) is 2. The topological polar surface area (TPSA) is 103 Å².